The van der Waals surface area contributed by atoms with E-state index in [2.05, 4.69) is 59.8 Å². The zero-order valence-corrected chi connectivity index (χ0v) is 17.4. The first-order chi connectivity index (χ1) is 13.9. The van der Waals surface area contributed by atoms with Crippen molar-refractivity contribution in [2.75, 3.05) is 11.0 Å². The molecule has 0 unspecified atom stereocenters. The van der Waals surface area contributed by atoms with Crippen molar-refractivity contribution < 1.29 is 8.42 Å². The smallest absolute Gasteiger partial charge is 0.229 e. The van der Waals surface area contributed by atoms with Crippen molar-refractivity contribution in [3.63, 3.8) is 0 Å². The maximum absolute atomic E-state index is 11.4. The summed E-state index contributed by atoms with van der Waals surface area (Å²) < 4.78 is 25.2. The number of benzene rings is 3. The van der Waals surface area contributed by atoms with Gasteiger partial charge in [-0.05, 0) is 65.8 Å². The molecule has 0 aromatic heterocycles. The molecule has 0 heterocycles. The zero-order chi connectivity index (χ0) is 20.4. The lowest BCUT2D eigenvalue weighted by molar-refractivity contribution is 0.607. The molecule has 3 aromatic rings. The molecule has 0 spiro atoms. The number of hydrogen-bond acceptors (Lipinski definition) is 2. The van der Waals surface area contributed by atoms with Crippen molar-refractivity contribution in [1.29, 1.82) is 0 Å². The van der Waals surface area contributed by atoms with Gasteiger partial charge in [-0.3, -0.25) is 4.72 Å². The van der Waals surface area contributed by atoms with Gasteiger partial charge in [-0.15, -0.1) is 5.73 Å². The summed E-state index contributed by atoms with van der Waals surface area (Å²) in [5.74, 6) is 0. The number of aryl methyl sites for hydroxylation is 3. The molecule has 3 nitrogen and oxygen atoms in total. The number of fused-ring (bicyclic) bond motifs is 2. The summed E-state index contributed by atoms with van der Waals surface area (Å²) in [6, 6.07) is 22.5. The average molecular weight is 402 g/mol. The van der Waals surface area contributed by atoms with Crippen LogP contribution in [0.5, 0.6) is 0 Å². The SMILES string of the molecule is Cc1ccc2c(c1)CCc1ccccc1C2=C=Cc1ccc(NS(C)(=O)=O)cc1. The molecule has 29 heavy (non-hydrogen) atoms. The van der Waals surface area contributed by atoms with E-state index in [4.69, 9.17) is 0 Å². The van der Waals surface area contributed by atoms with Crippen LogP contribution >= 0.6 is 0 Å². The number of anilines is 1. The number of hydrogen-bond donors (Lipinski definition) is 1. The first kappa shape index (κ1) is 19.3. The van der Waals surface area contributed by atoms with E-state index in [1.54, 1.807) is 12.1 Å². The van der Waals surface area contributed by atoms with Crippen LogP contribution in [-0.4, -0.2) is 14.7 Å². The van der Waals surface area contributed by atoms with Crippen LogP contribution in [0.15, 0.2) is 72.5 Å². The van der Waals surface area contributed by atoms with E-state index in [0.29, 0.717) is 5.69 Å². The van der Waals surface area contributed by atoms with Crippen LogP contribution in [0.25, 0.3) is 11.6 Å². The molecule has 1 aliphatic rings. The Hall–Kier alpha value is -3.07. The van der Waals surface area contributed by atoms with Gasteiger partial charge in [0.15, 0.2) is 0 Å². The molecule has 3 aromatic carbocycles. The van der Waals surface area contributed by atoms with Crippen LogP contribution in [0.2, 0.25) is 0 Å². The number of rotatable bonds is 3. The fraction of sp³-hybridized carbons (Fsp3) is 0.160. The Morgan fingerprint density at radius 1 is 0.897 bits per heavy atom. The van der Waals surface area contributed by atoms with Crippen LogP contribution in [0.1, 0.15) is 33.4 Å². The summed E-state index contributed by atoms with van der Waals surface area (Å²) in [7, 11) is -3.27. The highest BCUT2D eigenvalue weighted by atomic mass is 32.2. The Morgan fingerprint density at radius 2 is 1.59 bits per heavy atom. The van der Waals surface area contributed by atoms with Gasteiger partial charge in [-0.1, -0.05) is 60.2 Å². The van der Waals surface area contributed by atoms with Crippen LogP contribution in [0.4, 0.5) is 5.69 Å². The third-order valence-corrected chi connectivity index (χ3v) is 5.68. The highest BCUT2D eigenvalue weighted by molar-refractivity contribution is 7.92. The van der Waals surface area contributed by atoms with Crippen molar-refractivity contribution in [2.45, 2.75) is 19.8 Å². The lowest BCUT2D eigenvalue weighted by atomic mass is 9.93. The molecule has 0 atom stereocenters. The second kappa shape index (κ2) is 7.75. The Kier molecular flexibility index (Phi) is 5.14. The van der Waals surface area contributed by atoms with Gasteiger partial charge in [0.25, 0.3) is 0 Å². The summed E-state index contributed by atoms with van der Waals surface area (Å²) in [4.78, 5) is 0. The van der Waals surface area contributed by atoms with Gasteiger partial charge in [-0.25, -0.2) is 8.42 Å². The van der Waals surface area contributed by atoms with E-state index in [1.165, 1.54) is 27.8 Å². The second-order valence-electron chi connectivity index (χ2n) is 7.48. The first-order valence-electron chi connectivity index (χ1n) is 9.62. The first-order valence-corrected chi connectivity index (χ1v) is 11.5. The fourth-order valence-corrected chi connectivity index (χ4v) is 4.31. The molecule has 0 fully saturated rings. The Bertz CT molecular complexity index is 1230. The Morgan fingerprint density at radius 3 is 2.34 bits per heavy atom. The van der Waals surface area contributed by atoms with Crippen molar-refractivity contribution in [1.82, 2.24) is 0 Å². The standard InChI is InChI=1S/C25H23NO2S/c1-18-7-15-24-21(17-18)12-11-20-5-3-4-6-23(20)25(24)16-10-19-8-13-22(14-9-19)26-29(2,27)28/h3-10,13-15,17,26H,11-12H2,1-2H3. The lowest BCUT2D eigenvalue weighted by Crippen LogP contribution is -2.09. The molecule has 1 N–H and O–H groups in total. The molecule has 0 bridgehead atoms. The van der Waals surface area contributed by atoms with Crippen molar-refractivity contribution in [3.8, 4) is 0 Å². The van der Waals surface area contributed by atoms with Gasteiger partial charge in [-0.2, -0.15) is 0 Å². The lowest BCUT2D eigenvalue weighted by Gasteiger charge is -2.10. The van der Waals surface area contributed by atoms with Crippen LogP contribution in [0, 0.1) is 6.92 Å². The van der Waals surface area contributed by atoms with E-state index in [-0.39, 0.29) is 0 Å². The van der Waals surface area contributed by atoms with Crippen LogP contribution < -0.4 is 4.72 Å². The summed E-state index contributed by atoms with van der Waals surface area (Å²) in [5, 5.41) is 0. The molecule has 1 aliphatic carbocycles. The molecule has 4 heteroatoms. The molecule has 0 saturated heterocycles. The van der Waals surface area contributed by atoms with Crippen molar-refractivity contribution in [3.05, 3.63) is 106 Å². The van der Waals surface area contributed by atoms with Gasteiger partial charge >= 0.3 is 0 Å². The minimum absolute atomic E-state index is 0.554. The fourth-order valence-electron chi connectivity index (χ4n) is 3.74. The Balaban J connectivity index is 1.80. The number of nitrogens with one attached hydrogen (secondary N) is 1. The molecule has 0 saturated carbocycles. The highest BCUT2D eigenvalue weighted by Crippen LogP contribution is 2.33. The minimum atomic E-state index is -3.27. The summed E-state index contributed by atoms with van der Waals surface area (Å²) in [5.41, 5.74) is 12.6. The van der Waals surface area contributed by atoms with E-state index in [9.17, 15) is 8.42 Å². The van der Waals surface area contributed by atoms with Crippen molar-refractivity contribution in [2.24, 2.45) is 0 Å². The zero-order valence-electron chi connectivity index (χ0n) is 16.6. The van der Waals surface area contributed by atoms with Crippen molar-refractivity contribution >= 4 is 27.4 Å². The van der Waals surface area contributed by atoms with Gasteiger partial charge in [0.2, 0.25) is 10.0 Å². The number of sulfonamides is 1. The third kappa shape index (κ3) is 4.51. The Labute approximate surface area is 172 Å². The maximum atomic E-state index is 11.4. The molecular weight excluding hydrogens is 378 g/mol. The molecule has 146 valence electrons. The van der Waals surface area contributed by atoms with E-state index in [1.807, 2.05) is 18.2 Å². The van der Waals surface area contributed by atoms with Crippen LogP contribution in [-0.2, 0) is 22.9 Å². The van der Waals surface area contributed by atoms with E-state index >= 15 is 0 Å². The van der Waals surface area contributed by atoms with E-state index in [0.717, 1.165) is 30.2 Å². The molecule has 4 rings (SSSR count). The summed E-state index contributed by atoms with van der Waals surface area (Å²) in [6.07, 6.45) is 5.15. The molecule has 0 aliphatic heterocycles. The average Bonchev–Trinajstić information content (AvgIpc) is 2.83. The highest BCUT2D eigenvalue weighted by Gasteiger charge is 2.17. The second-order valence-corrected chi connectivity index (χ2v) is 9.23. The monoisotopic (exact) mass is 401 g/mol. The quantitative estimate of drug-likeness (QED) is 0.613. The van der Waals surface area contributed by atoms with Gasteiger partial charge in [0.05, 0.1) is 6.26 Å². The predicted octanol–water partition coefficient (Wildman–Crippen LogP) is 5.21. The molecular formula is C25H23NO2S. The normalized spacial score (nSPS) is 13.0. The maximum Gasteiger partial charge on any atom is 0.229 e. The van der Waals surface area contributed by atoms with Gasteiger partial charge in [0, 0.05) is 11.3 Å². The summed E-state index contributed by atoms with van der Waals surface area (Å²) >= 11 is 0. The predicted molar refractivity (Wildman–Crippen MR) is 120 cm³/mol. The minimum Gasteiger partial charge on any atom is -0.284 e. The molecule has 0 amide bonds. The topological polar surface area (TPSA) is 46.2 Å². The molecule has 0 radical (unpaired) electrons. The van der Waals surface area contributed by atoms with Gasteiger partial charge in [0.1, 0.15) is 0 Å². The third-order valence-electron chi connectivity index (χ3n) is 5.08. The van der Waals surface area contributed by atoms with Gasteiger partial charge < -0.3 is 0 Å². The van der Waals surface area contributed by atoms with Crippen LogP contribution in [0.3, 0.4) is 0 Å². The van der Waals surface area contributed by atoms with E-state index < -0.39 is 10.0 Å². The summed E-state index contributed by atoms with van der Waals surface area (Å²) in [6.45, 7) is 2.13. The largest absolute Gasteiger partial charge is 0.284 e.